The summed E-state index contributed by atoms with van der Waals surface area (Å²) < 4.78 is 17.2. The van der Waals surface area contributed by atoms with Crippen molar-refractivity contribution in [1.82, 2.24) is 4.98 Å². The van der Waals surface area contributed by atoms with Crippen LogP contribution < -0.4 is 4.74 Å². The molecule has 1 aliphatic carbocycles. The molecule has 0 N–H and O–H groups in total. The molecule has 1 saturated carbocycles. The van der Waals surface area contributed by atoms with Crippen LogP contribution in [0.15, 0.2) is 41.3 Å². The molecule has 4 nitrogen and oxygen atoms in total. The molecule has 0 radical (unpaired) electrons. The van der Waals surface area contributed by atoms with Crippen LogP contribution in [0.2, 0.25) is 0 Å². The van der Waals surface area contributed by atoms with Crippen LogP contribution in [0.1, 0.15) is 43.6 Å². The molecule has 4 heteroatoms. The quantitative estimate of drug-likeness (QED) is 0.640. The molecule has 0 bridgehead atoms. The molecule has 134 valence electrons. The fraction of sp³-hybridized carbons (Fsp3) is 0.476. The first-order valence-corrected chi connectivity index (χ1v) is 9.02. The van der Waals surface area contributed by atoms with Gasteiger partial charge in [-0.25, -0.2) is 4.98 Å². The first kappa shape index (κ1) is 17.7. The molecule has 2 atom stereocenters. The van der Waals surface area contributed by atoms with Crippen LogP contribution in [0.5, 0.6) is 5.75 Å². The Hall–Kier alpha value is -2.07. The molecule has 1 fully saturated rings. The molecule has 1 aliphatic rings. The van der Waals surface area contributed by atoms with E-state index in [1.807, 2.05) is 37.3 Å². The molecular weight excluding hydrogens is 314 g/mol. The second kappa shape index (κ2) is 8.34. The number of oxazole rings is 1. The van der Waals surface area contributed by atoms with Crippen molar-refractivity contribution in [2.75, 3.05) is 7.11 Å². The highest BCUT2D eigenvalue weighted by atomic mass is 16.5. The topological polar surface area (TPSA) is 44.5 Å². The fourth-order valence-electron chi connectivity index (χ4n) is 3.48. The number of methoxy groups -OCH3 is 1. The molecule has 0 spiro atoms. The number of rotatable bonds is 7. The van der Waals surface area contributed by atoms with Crippen LogP contribution in [0.3, 0.4) is 0 Å². The van der Waals surface area contributed by atoms with Gasteiger partial charge in [0.1, 0.15) is 17.2 Å². The summed E-state index contributed by atoms with van der Waals surface area (Å²) in [7, 11) is 1.66. The zero-order chi connectivity index (χ0) is 17.6. The first-order valence-electron chi connectivity index (χ1n) is 9.02. The van der Waals surface area contributed by atoms with E-state index >= 15 is 0 Å². The van der Waals surface area contributed by atoms with Gasteiger partial charge in [0.05, 0.1) is 19.8 Å². The van der Waals surface area contributed by atoms with Gasteiger partial charge in [0.25, 0.3) is 0 Å². The van der Waals surface area contributed by atoms with E-state index in [9.17, 15) is 0 Å². The number of ether oxygens (including phenoxy) is 2. The number of hydrogen-bond donors (Lipinski definition) is 0. The van der Waals surface area contributed by atoms with Crippen LogP contribution in [-0.2, 0) is 11.3 Å². The third-order valence-corrected chi connectivity index (χ3v) is 4.90. The number of aryl methyl sites for hydroxylation is 1. The van der Waals surface area contributed by atoms with Crippen molar-refractivity contribution in [3.8, 4) is 17.2 Å². The molecule has 2 aromatic rings. The summed E-state index contributed by atoms with van der Waals surface area (Å²) in [6.07, 6.45) is 8.19. The number of benzene rings is 1. The van der Waals surface area contributed by atoms with Crippen molar-refractivity contribution >= 4 is 0 Å². The lowest BCUT2D eigenvalue weighted by Gasteiger charge is -2.28. The second-order valence-corrected chi connectivity index (χ2v) is 6.74. The van der Waals surface area contributed by atoms with Crippen LogP contribution in [-0.4, -0.2) is 18.2 Å². The van der Waals surface area contributed by atoms with E-state index in [0.29, 0.717) is 24.5 Å². The standard InChI is InChI=1S/C21H27NO3/c1-4-7-16-8-5-11-19(12-16)24-14-20-15(2)25-21(22-20)17-9-6-10-18(13-17)23-3/h4,6,9-10,13,16,19H,1,5,7-8,11-12,14H2,2-3H3/t16-,19+/m0/s1. The summed E-state index contributed by atoms with van der Waals surface area (Å²) in [5, 5.41) is 0. The molecular formula is C21H27NO3. The van der Waals surface area contributed by atoms with Crippen LogP contribution >= 0.6 is 0 Å². The summed E-state index contributed by atoms with van der Waals surface area (Å²) in [5.74, 6) is 2.93. The minimum atomic E-state index is 0.315. The van der Waals surface area contributed by atoms with E-state index in [-0.39, 0.29) is 0 Å². The number of allylic oxidation sites excluding steroid dienone is 1. The fourth-order valence-corrected chi connectivity index (χ4v) is 3.48. The Morgan fingerprint density at radius 3 is 3.04 bits per heavy atom. The van der Waals surface area contributed by atoms with Crippen molar-refractivity contribution < 1.29 is 13.9 Å². The van der Waals surface area contributed by atoms with Gasteiger partial charge in [-0.2, -0.15) is 0 Å². The Morgan fingerprint density at radius 1 is 1.36 bits per heavy atom. The lowest BCUT2D eigenvalue weighted by Crippen LogP contribution is -2.22. The molecule has 3 rings (SSSR count). The number of aromatic nitrogens is 1. The van der Waals surface area contributed by atoms with Gasteiger partial charge in [-0.05, 0) is 56.7 Å². The molecule has 0 aliphatic heterocycles. The maximum atomic E-state index is 6.14. The Balaban J connectivity index is 1.63. The number of nitrogens with zero attached hydrogens (tertiary/aromatic N) is 1. The van der Waals surface area contributed by atoms with Crippen molar-refractivity contribution in [3.63, 3.8) is 0 Å². The Labute approximate surface area is 149 Å². The van der Waals surface area contributed by atoms with Gasteiger partial charge in [-0.3, -0.25) is 0 Å². The van der Waals surface area contributed by atoms with Crippen LogP contribution in [0, 0.1) is 12.8 Å². The van der Waals surface area contributed by atoms with Crippen LogP contribution in [0.4, 0.5) is 0 Å². The third kappa shape index (κ3) is 4.51. The first-order chi connectivity index (χ1) is 12.2. The van der Waals surface area contributed by atoms with Crippen molar-refractivity contribution in [2.24, 2.45) is 5.92 Å². The van der Waals surface area contributed by atoms with Gasteiger partial charge in [-0.15, -0.1) is 6.58 Å². The summed E-state index contributed by atoms with van der Waals surface area (Å²) in [5.41, 5.74) is 1.79. The summed E-state index contributed by atoms with van der Waals surface area (Å²) in [6.45, 7) is 6.30. The van der Waals surface area contributed by atoms with Gasteiger partial charge in [0.2, 0.25) is 5.89 Å². The second-order valence-electron chi connectivity index (χ2n) is 6.74. The minimum Gasteiger partial charge on any atom is -0.497 e. The van der Waals surface area contributed by atoms with Crippen molar-refractivity contribution in [2.45, 2.75) is 51.7 Å². The van der Waals surface area contributed by atoms with E-state index in [0.717, 1.165) is 42.0 Å². The van der Waals surface area contributed by atoms with E-state index in [1.165, 1.54) is 12.8 Å². The van der Waals surface area contributed by atoms with Crippen molar-refractivity contribution in [1.29, 1.82) is 0 Å². The maximum absolute atomic E-state index is 6.14. The molecule has 25 heavy (non-hydrogen) atoms. The van der Waals surface area contributed by atoms with Crippen LogP contribution in [0.25, 0.3) is 11.5 Å². The summed E-state index contributed by atoms with van der Waals surface area (Å²) in [4.78, 5) is 4.63. The van der Waals surface area contributed by atoms with Gasteiger partial charge < -0.3 is 13.9 Å². The third-order valence-electron chi connectivity index (χ3n) is 4.90. The highest BCUT2D eigenvalue weighted by Crippen LogP contribution is 2.30. The lowest BCUT2D eigenvalue weighted by molar-refractivity contribution is 0.000944. The lowest BCUT2D eigenvalue weighted by atomic mass is 9.85. The van der Waals surface area contributed by atoms with E-state index < -0.39 is 0 Å². The van der Waals surface area contributed by atoms with Gasteiger partial charge >= 0.3 is 0 Å². The average molecular weight is 341 g/mol. The van der Waals surface area contributed by atoms with E-state index in [4.69, 9.17) is 13.9 Å². The highest BCUT2D eigenvalue weighted by Gasteiger charge is 2.22. The van der Waals surface area contributed by atoms with Gasteiger partial charge in [0.15, 0.2) is 0 Å². The highest BCUT2D eigenvalue weighted by molar-refractivity contribution is 5.56. The summed E-state index contributed by atoms with van der Waals surface area (Å²) in [6, 6.07) is 7.74. The SMILES string of the molecule is C=CC[C@H]1CCC[C@@H](OCc2nc(-c3cccc(OC)c3)oc2C)C1. The van der Waals surface area contributed by atoms with Gasteiger partial charge in [-0.1, -0.05) is 18.6 Å². The molecule has 1 heterocycles. The van der Waals surface area contributed by atoms with E-state index in [2.05, 4.69) is 11.6 Å². The molecule has 1 aromatic carbocycles. The van der Waals surface area contributed by atoms with E-state index in [1.54, 1.807) is 7.11 Å². The van der Waals surface area contributed by atoms with Crippen molar-refractivity contribution in [3.05, 3.63) is 48.4 Å². The van der Waals surface area contributed by atoms with Gasteiger partial charge in [0, 0.05) is 5.56 Å². The molecule has 0 amide bonds. The predicted molar refractivity (Wildman–Crippen MR) is 98.6 cm³/mol. The molecule has 0 unspecified atom stereocenters. The summed E-state index contributed by atoms with van der Waals surface area (Å²) >= 11 is 0. The molecule has 1 aromatic heterocycles. The largest absolute Gasteiger partial charge is 0.497 e. The monoisotopic (exact) mass is 341 g/mol. The Bertz CT molecular complexity index is 707. The smallest absolute Gasteiger partial charge is 0.226 e. The predicted octanol–water partition coefficient (Wildman–Crippen LogP) is 5.31. The Morgan fingerprint density at radius 2 is 2.24 bits per heavy atom. The zero-order valence-corrected chi connectivity index (χ0v) is 15.2. The zero-order valence-electron chi connectivity index (χ0n) is 15.2. The number of hydrogen-bond acceptors (Lipinski definition) is 4. The molecule has 0 saturated heterocycles. The normalized spacial score (nSPS) is 20.4. The Kier molecular flexibility index (Phi) is 5.92. The average Bonchev–Trinajstić information content (AvgIpc) is 3.01. The maximum Gasteiger partial charge on any atom is 0.226 e. The minimum absolute atomic E-state index is 0.315.